The summed E-state index contributed by atoms with van der Waals surface area (Å²) in [5.41, 5.74) is 1.08. The molecule has 0 spiro atoms. The van der Waals surface area contributed by atoms with E-state index >= 15 is 0 Å². The third-order valence-electron chi connectivity index (χ3n) is 5.64. The number of nitrogens with zero attached hydrogens (tertiary/aromatic N) is 3. The summed E-state index contributed by atoms with van der Waals surface area (Å²) in [6, 6.07) is 6.22. The fourth-order valence-corrected chi connectivity index (χ4v) is 3.93. The molecule has 6 nitrogen and oxygen atoms in total. The van der Waals surface area contributed by atoms with Crippen LogP contribution in [0.2, 0.25) is 0 Å². The number of hydrogen-bond donors (Lipinski definition) is 0. The molecule has 1 aromatic carbocycles. The summed E-state index contributed by atoms with van der Waals surface area (Å²) in [5.74, 6) is 1.83. The minimum absolute atomic E-state index is 0.117. The van der Waals surface area contributed by atoms with Crippen molar-refractivity contribution in [2.45, 2.75) is 25.6 Å². The Morgan fingerprint density at radius 2 is 1.97 bits per heavy atom. The summed E-state index contributed by atoms with van der Waals surface area (Å²) in [7, 11) is 1.59. The fraction of sp³-hybridized carbons (Fsp3) is 0.391. The molecule has 0 bridgehead atoms. The van der Waals surface area contributed by atoms with Gasteiger partial charge >= 0.3 is 6.18 Å². The molecule has 2 aromatic rings. The number of benzene rings is 1. The van der Waals surface area contributed by atoms with Crippen LogP contribution in [0.5, 0.6) is 11.5 Å². The van der Waals surface area contributed by atoms with Gasteiger partial charge in [0.2, 0.25) is 5.91 Å². The van der Waals surface area contributed by atoms with Gasteiger partial charge < -0.3 is 19.3 Å². The zero-order valence-corrected chi connectivity index (χ0v) is 17.9. The Labute approximate surface area is 184 Å². The number of piperazine rings is 1. The average Bonchev–Trinajstić information content (AvgIpc) is 3.15. The molecule has 2 aliphatic heterocycles. The largest absolute Gasteiger partial charge is 0.496 e. The van der Waals surface area contributed by atoms with Crippen LogP contribution in [0, 0.1) is 0 Å². The molecule has 2 aliphatic rings. The van der Waals surface area contributed by atoms with Gasteiger partial charge in [-0.3, -0.25) is 4.79 Å². The molecule has 0 saturated carbocycles. The molecule has 32 heavy (non-hydrogen) atoms. The first-order chi connectivity index (χ1) is 15.2. The molecule has 0 radical (unpaired) electrons. The zero-order chi connectivity index (χ0) is 22.9. The SMILES string of the molecule is COc1cc2c(cc1C=CC(=O)N1CCN(c3ccc(C(F)(F)F)cn3)CC1)OC(C)C2. The highest BCUT2D eigenvalue weighted by Crippen LogP contribution is 2.35. The predicted octanol–water partition coefficient (Wildman–Crippen LogP) is 3.79. The Bertz CT molecular complexity index is 1010. The summed E-state index contributed by atoms with van der Waals surface area (Å²) >= 11 is 0. The lowest BCUT2D eigenvalue weighted by Crippen LogP contribution is -2.48. The van der Waals surface area contributed by atoms with E-state index in [1.54, 1.807) is 18.1 Å². The first kappa shape index (κ1) is 22.0. The highest BCUT2D eigenvalue weighted by molar-refractivity contribution is 5.92. The van der Waals surface area contributed by atoms with Crippen LogP contribution in [0.3, 0.4) is 0 Å². The number of pyridine rings is 1. The van der Waals surface area contributed by atoms with E-state index in [-0.39, 0.29) is 12.0 Å². The van der Waals surface area contributed by atoms with Gasteiger partial charge in [-0.25, -0.2) is 4.98 Å². The van der Waals surface area contributed by atoms with Gasteiger partial charge in [0.15, 0.2) is 0 Å². The molecule has 1 saturated heterocycles. The predicted molar refractivity (Wildman–Crippen MR) is 114 cm³/mol. The lowest BCUT2D eigenvalue weighted by atomic mass is 10.1. The standard InChI is InChI=1S/C23H24F3N3O3/c1-15-11-17-13-19(31-2)16(12-20(17)32-15)3-6-22(30)29-9-7-28(8-10-29)21-5-4-18(14-27-21)23(24,25)26/h3-6,12-15H,7-11H2,1-2H3. The molecule has 1 aromatic heterocycles. The number of anilines is 1. The quantitative estimate of drug-likeness (QED) is 0.668. The Hall–Kier alpha value is -3.23. The average molecular weight is 447 g/mol. The van der Waals surface area contributed by atoms with E-state index in [4.69, 9.17) is 9.47 Å². The first-order valence-electron chi connectivity index (χ1n) is 10.4. The van der Waals surface area contributed by atoms with Crippen LogP contribution in [0.15, 0.2) is 36.5 Å². The van der Waals surface area contributed by atoms with Crippen molar-refractivity contribution in [3.8, 4) is 11.5 Å². The molecule has 1 atom stereocenters. The fourth-order valence-electron chi connectivity index (χ4n) is 3.93. The van der Waals surface area contributed by atoms with Crippen LogP contribution < -0.4 is 14.4 Å². The number of methoxy groups -OCH3 is 1. The van der Waals surface area contributed by atoms with Gasteiger partial charge in [-0.2, -0.15) is 13.2 Å². The van der Waals surface area contributed by atoms with Crippen molar-refractivity contribution in [1.82, 2.24) is 9.88 Å². The topological polar surface area (TPSA) is 54.9 Å². The monoisotopic (exact) mass is 447 g/mol. The number of ether oxygens (including phenoxy) is 2. The van der Waals surface area contributed by atoms with E-state index in [2.05, 4.69) is 4.98 Å². The van der Waals surface area contributed by atoms with Crippen molar-refractivity contribution in [3.63, 3.8) is 0 Å². The van der Waals surface area contributed by atoms with Crippen LogP contribution in [-0.2, 0) is 17.4 Å². The molecular weight excluding hydrogens is 423 g/mol. The maximum absolute atomic E-state index is 12.7. The van der Waals surface area contributed by atoms with Crippen molar-refractivity contribution < 1.29 is 27.4 Å². The van der Waals surface area contributed by atoms with Crippen LogP contribution in [-0.4, -0.2) is 55.2 Å². The highest BCUT2D eigenvalue weighted by Gasteiger charge is 2.31. The molecule has 1 amide bonds. The molecule has 3 heterocycles. The second kappa shape index (κ2) is 8.72. The molecule has 9 heteroatoms. The molecule has 170 valence electrons. The second-order valence-corrected chi connectivity index (χ2v) is 7.88. The van der Waals surface area contributed by atoms with E-state index in [0.717, 1.165) is 35.6 Å². The van der Waals surface area contributed by atoms with E-state index in [1.165, 1.54) is 12.1 Å². The summed E-state index contributed by atoms with van der Waals surface area (Å²) in [5, 5.41) is 0. The Morgan fingerprint density at radius 1 is 1.22 bits per heavy atom. The second-order valence-electron chi connectivity index (χ2n) is 7.88. The summed E-state index contributed by atoms with van der Waals surface area (Å²) < 4.78 is 49.4. The minimum atomic E-state index is -4.41. The van der Waals surface area contributed by atoms with Crippen LogP contribution >= 0.6 is 0 Å². The van der Waals surface area contributed by atoms with E-state index in [0.29, 0.717) is 37.7 Å². The van der Waals surface area contributed by atoms with Gasteiger partial charge in [0, 0.05) is 56.0 Å². The molecular formula is C23H24F3N3O3. The van der Waals surface area contributed by atoms with Gasteiger partial charge in [0.1, 0.15) is 23.4 Å². The lowest BCUT2D eigenvalue weighted by molar-refractivity contribution is -0.137. The molecule has 1 fully saturated rings. The third-order valence-corrected chi connectivity index (χ3v) is 5.64. The Kier molecular flexibility index (Phi) is 5.99. The van der Waals surface area contributed by atoms with Gasteiger partial charge in [-0.05, 0) is 37.3 Å². The number of aromatic nitrogens is 1. The molecule has 4 rings (SSSR count). The van der Waals surface area contributed by atoms with Crippen molar-refractivity contribution >= 4 is 17.8 Å². The molecule has 0 aliphatic carbocycles. The lowest BCUT2D eigenvalue weighted by Gasteiger charge is -2.35. The molecule has 1 unspecified atom stereocenters. The Morgan fingerprint density at radius 3 is 2.59 bits per heavy atom. The number of carbonyl (C=O) groups is 1. The van der Waals surface area contributed by atoms with Crippen LogP contribution in [0.25, 0.3) is 6.08 Å². The third kappa shape index (κ3) is 4.66. The summed E-state index contributed by atoms with van der Waals surface area (Å²) in [4.78, 5) is 20.2. The van der Waals surface area contributed by atoms with E-state index in [9.17, 15) is 18.0 Å². The number of carbonyl (C=O) groups excluding carboxylic acids is 1. The van der Waals surface area contributed by atoms with Crippen LogP contribution in [0.1, 0.15) is 23.6 Å². The van der Waals surface area contributed by atoms with Crippen molar-refractivity contribution in [2.24, 2.45) is 0 Å². The number of fused-ring (bicyclic) bond motifs is 1. The molecule has 0 N–H and O–H groups in total. The number of halogens is 3. The zero-order valence-electron chi connectivity index (χ0n) is 17.9. The number of rotatable bonds is 4. The van der Waals surface area contributed by atoms with Gasteiger partial charge in [-0.1, -0.05) is 0 Å². The number of amides is 1. The first-order valence-corrected chi connectivity index (χ1v) is 10.4. The smallest absolute Gasteiger partial charge is 0.417 e. The normalized spacial score (nSPS) is 18.6. The minimum Gasteiger partial charge on any atom is -0.496 e. The van der Waals surface area contributed by atoms with Crippen LogP contribution in [0.4, 0.5) is 19.0 Å². The Balaban J connectivity index is 1.37. The maximum atomic E-state index is 12.7. The summed E-state index contributed by atoms with van der Waals surface area (Å²) in [6.07, 6.45) is 0.601. The summed E-state index contributed by atoms with van der Waals surface area (Å²) in [6.45, 7) is 3.89. The number of hydrogen-bond acceptors (Lipinski definition) is 5. The van der Waals surface area contributed by atoms with E-state index in [1.807, 2.05) is 24.0 Å². The van der Waals surface area contributed by atoms with Gasteiger partial charge in [-0.15, -0.1) is 0 Å². The van der Waals surface area contributed by atoms with Crippen molar-refractivity contribution in [3.05, 3.63) is 53.2 Å². The van der Waals surface area contributed by atoms with Gasteiger partial charge in [0.05, 0.1) is 12.7 Å². The maximum Gasteiger partial charge on any atom is 0.417 e. The highest BCUT2D eigenvalue weighted by atomic mass is 19.4. The van der Waals surface area contributed by atoms with E-state index < -0.39 is 11.7 Å². The van der Waals surface area contributed by atoms with Crippen molar-refractivity contribution in [1.29, 1.82) is 0 Å². The van der Waals surface area contributed by atoms with Crippen molar-refractivity contribution in [2.75, 3.05) is 38.2 Å². The number of alkyl halides is 3. The van der Waals surface area contributed by atoms with Gasteiger partial charge in [0.25, 0.3) is 0 Å².